The molecule has 0 spiro atoms. The van der Waals surface area contributed by atoms with Crippen LogP contribution in [0.3, 0.4) is 0 Å². The lowest BCUT2D eigenvalue weighted by atomic mass is 9.93. The van der Waals surface area contributed by atoms with Gasteiger partial charge in [-0.15, -0.1) is 0 Å². The maximum absolute atomic E-state index is 11.7. The minimum absolute atomic E-state index is 0.0225. The van der Waals surface area contributed by atoms with Gasteiger partial charge in [0, 0.05) is 12.4 Å². The zero-order chi connectivity index (χ0) is 20.4. The Morgan fingerprint density at radius 3 is 2.27 bits per heavy atom. The van der Waals surface area contributed by atoms with E-state index in [0.717, 1.165) is 7.11 Å². The number of hydrogen-bond donors (Lipinski definition) is 4. The normalized spacial score (nSPS) is 31.0. The zero-order valence-corrected chi connectivity index (χ0v) is 16.0. The molecule has 26 heavy (non-hydrogen) atoms. The Kier molecular flexibility index (Phi) is 7.65. The molecule has 0 bridgehead atoms. The molecule has 0 aliphatic carbocycles. The molecule has 0 amide bonds. The van der Waals surface area contributed by atoms with Crippen molar-refractivity contribution in [2.45, 2.75) is 31.1 Å². The Labute approximate surface area is 148 Å². The van der Waals surface area contributed by atoms with Crippen LogP contribution < -0.4 is 0 Å². The summed E-state index contributed by atoms with van der Waals surface area (Å²) in [6.07, 6.45) is -2.18. The highest BCUT2D eigenvalue weighted by Gasteiger charge is 2.49. The number of ether oxygens (including phenoxy) is 3. The molecule has 0 aromatic carbocycles. The van der Waals surface area contributed by atoms with Gasteiger partial charge in [-0.3, -0.25) is 4.52 Å². The second kappa shape index (κ2) is 8.38. The largest absolute Gasteiger partial charge is 0.508 e. The van der Waals surface area contributed by atoms with E-state index in [0.29, 0.717) is 0 Å². The summed E-state index contributed by atoms with van der Waals surface area (Å²) in [7, 11) is -9.90. The van der Waals surface area contributed by atoms with E-state index >= 15 is 0 Å². The van der Waals surface area contributed by atoms with E-state index in [1.54, 1.807) is 0 Å². The number of methoxy groups -OCH3 is 1. The highest BCUT2D eigenvalue weighted by molar-refractivity contribution is 7.66. The van der Waals surface area contributed by atoms with Gasteiger partial charge < -0.3 is 33.8 Å². The average Bonchev–Trinajstić information content (AvgIpc) is 2.67. The summed E-state index contributed by atoms with van der Waals surface area (Å²) in [6, 6.07) is -0.931. The molecule has 0 aromatic rings. The first-order valence-corrected chi connectivity index (χ1v) is 11.1. The van der Waals surface area contributed by atoms with Crippen LogP contribution in [0.5, 0.6) is 0 Å². The molecular formula is C8H16BO14P3. The third-order valence-corrected chi connectivity index (χ3v) is 6.67. The first kappa shape index (κ1) is 23.7. The van der Waals surface area contributed by atoms with Crippen LogP contribution in [0.4, 0.5) is 4.79 Å². The van der Waals surface area contributed by atoms with Crippen molar-refractivity contribution in [2.75, 3.05) is 13.7 Å². The third-order valence-electron chi connectivity index (χ3n) is 2.88. The molecule has 2 radical (unpaired) electrons. The zero-order valence-electron chi connectivity index (χ0n) is 13.4. The van der Waals surface area contributed by atoms with Gasteiger partial charge >= 0.3 is 29.6 Å². The minimum Gasteiger partial charge on any atom is -0.438 e. The van der Waals surface area contributed by atoms with Crippen LogP contribution in [0.15, 0.2) is 0 Å². The van der Waals surface area contributed by atoms with E-state index in [4.69, 9.17) is 32.0 Å². The standard InChI is InChI=1S/C8H16BO14P3/c1-8(5(3-6(9)21-8)20-7(10)18-2)4-19-25(14,15)23-26(16,17)22-24(11,12)13/h5-6H,3-4H2,1-2H3,(H,14,15)(H,16,17)(H2,11,12,13). The average molecular weight is 440 g/mol. The number of phosphoric acid groups is 3. The fourth-order valence-corrected chi connectivity index (χ4v) is 5.02. The molecule has 1 aliphatic heterocycles. The van der Waals surface area contributed by atoms with Gasteiger partial charge in [-0.25, -0.2) is 18.5 Å². The molecule has 0 aromatic heterocycles. The lowest BCUT2D eigenvalue weighted by Gasteiger charge is -2.30. The first-order valence-electron chi connectivity index (χ1n) is 6.54. The van der Waals surface area contributed by atoms with Crippen LogP contribution in [0, 0.1) is 0 Å². The molecule has 1 saturated heterocycles. The van der Waals surface area contributed by atoms with Crippen molar-refractivity contribution in [3.63, 3.8) is 0 Å². The Hall–Kier alpha value is -0.295. The number of rotatable bonds is 8. The molecule has 5 atom stereocenters. The second-order valence-electron chi connectivity index (χ2n) is 5.13. The molecule has 1 aliphatic rings. The van der Waals surface area contributed by atoms with Crippen molar-refractivity contribution in [3.05, 3.63) is 0 Å². The number of phosphoric ester groups is 1. The second-order valence-corrected chi connectivity index (χ2v) is 9.55. The van der Waals surface area contributed by atoms with Gasteiger partial charge in [0.1, 0.15) is 19.6 Å². The van der Waals surface area contributed by atoms with Crippen LogP contribution in [0.2, 0.25) is 0 Å². The summed E-state index contributed by atoms with van der Waals surface area (Å²) in [4.78, 5) is 46.6. The summed E-state index contributed by atoms with van der Waals surface area (Å²) < 4.78 is 59.5. The minimum atomic E-state index is -5.65. The molecule has 4 N–H and O–H groups in total. The molecule has 18 heteroatoms. The molecule has 1 heterocycles. The predicted molar refractivity (Wildman–Crippen MR) is 80.7 cm³/mol. The summed E-state index contributed by atoms with van der Waals surface area (Å²) in [5.74, 6) is 0. The van der Waals surface area contributed by atoms with E-state index in [1.807, 2.05) is 0 Å². The number of hydrogen-bond acceptors (Lipinski definition) is 10. The third kappa shape index (κ3) is 7.75. The highest BCUT2D eigenvalue weighted by atomic mass is 31.3. The van der Waals surface area contributed by atoms with Crippen molar-refractivity contribution in [1.82, 2.24) is 0 Å². The van der Waals surface area contributed by atoms with Gasteiger partial charge in [0.05, 0.1) is 13.7 Å². The van der Waals surface area contributed by atoms with E-state index < -0.39 is 53.9 Å². The van der Waals surface area contributed by atoms with Crippen molar-refractivity contribution in [3.8, 4) is 0 Å². The van der Waals surface area contributed by atoms with E-state index in [-0.39, 0.29) is 6.42 Å². The smallest absolute Gasteiger partial charge is 0.438 e. The highest BCUT2D eigenvalue weighted by Crippen LogP contribution is 2.66. The fraction of sp³-hybridized carbons (Fsp3) is 0.875. The Bertz CT molecular complexity index is 663. The van der Waals surface area contributed by atoms with Gasteiger partial charge in [0.15, 0.2) is 0 Å². The van der Waals surface area contributed by atoms with Crippen LogP contribution in [-0.4, -0.2) is 65.0 Å². The summed E-state index contributed by atoms with van der Waals surface area (Å²) in [5.41, 5.74) is -1.57. The molecule has 5 unspecified atom stereocenters. The molecular weight excluding hydrogens is 424 g/mol. The number of carbonyl (C=O) groups excluding carboxylic acids is 1. The molecule has 1 rings (SSSR count). The van der Waals surface area contributed by atoms with E-state index in [1.165, 1.54) is 6.92 Å². The molecule has 1 fully saturated rings. The van der Waals surface area contributed by atoms with Gasteiger partial charge in [0.25, 0.3) is 0 Å². The first-order chi connectivity index (χ1) is 11.6. The monoisotopic (exact) mass is 440 g/mol. The van der Waals surface area contributed by atoms with Crippen molar-refractivity contribution in [2.24, 2.45) is 0 Å². The Morgan fingerprint density at radius 1 is 1.19 bits per heavy atom. The summed E-state index contributed by atoms with van der Waals surface area (Å²) in [6.45, 7) is 0.462. The van der Waals surface area contributed by atoms with Crippen LogP contribution in [-0.2, 0) is 41.1 Å². The SMILES string of the molecule is [B]C1CC(OC(=O)OC)C(C)(COP(=O)(O)OP(=O)(O)OP(=O)(O)O)O1. The summed E-state index contributed by atoms with van der Waals surface area (Å²) in [5, 5.41) is 0. The molecule has 0 saturated carbocycles. The van der Waals surface area contributed by atoms with Gasteiger partial charge in [-0.2, -0.15) is 8.62 Å². The number of carbonyl (C=O) groups is 1. The van der Waals surface area contributed by atoms with Gasteiger partial charge in [0.2, 0.25) is 0 Å². The van der Waals surface area contributed by atoms with E-state index in [9.17, 15) is 23.4 Å². The van der Waals surface area contributed by atoms with Crippen molar-refractivity contribution in [1.29, 1.82) is 0 Å². The summed E-state index contributed by atoms with van der Waals surface area (Å²) >= 11 is 0. The van der Waals surface area contributed by atoms with Crippen LogP contribution in [0.1, 0.15) is 13.3 Å². The topological polar surface area (TPSA) is 205 Å². The van der Waals surface area contributed by atoms with Gasteiger partial charge in [-0.1, -0.05) is 0 Å². The Morgan fingerprint density at radius 2 is 1.77 bits per heavy atom. The van der Waals surface area contributed by atoms with Crippen LogP contribution in [0.25, 0.3) is 0 Å². The van der Waals surface area contributed by atoms with Gasteiger partial charge in [-0.05, 0) is 6.92 Å². The maximum Gasteiger partial charge on any atom is 0.508 e. The lowest BCUT2D eigenvalue weighted by molar-refractivity contribution is -0.0929. The van der Waals surface area contributed by atoms with Crippen LogP contribution >= 0.6 is 23.5 Å². The Balaban J connectivity index is 2.77. The lowest BCUT2D eigenvalue weighted by Crippen LogP contribution is -2.43. The maximum atomic E-state index is 11.7. The molecule has 14 nitrogen and oxygen atoms in total. The van der Waals surface area contributed by atoms with Crippen molar-refractivity contribution >= 4 is 37.5 Å². The van der Waals surface area contributed by atoms with E-state index in [2.05, 4.69) is 17.9 Å². The fourth-order valence-electron chi connectivity index (χ4n) is 1.91. The van der Waals surface area contributed by atoms with Crippen molar-refractivity contribution < 1.29 is 65.4 Å². The molecule has 150 valence electrons. The predicted octanol–water partition coefficient (Wildman–Crippen LogP) is 0.155. The quantitative estimate of drug-likeness (QED) is 0.225.